The molecule has 2 aliphatic rings. The maximum atomic E-state index is 12.8. The first kappa shape index (κ1) is 17.9. The van der Waals surface area contributed by atoms with Gasteiger partial charge in [-0.1, -0.05) is 0 Å². The van der Waals surface area contributed by atoms with E-state index in [0.29, 0.717) is 11.6 Å². The van der Waals surface area contributed by atoms with Crippen LogP contribution >= 0.6 is 0 Å². The summed E-state index contributed by atoms with van der Waals surface area (Å²) >= 11 is 0. The second-order valence-electron chi connectivity index (χ2n) is 6.37. The number of aromatic nitrogens is 2. The van der Waals surface area contributed by atoms with Crippen LogP contribution in [0.25, 0.3) is 0 Å². The Morgan fingerprint density at radius 2 is 1.96 bits per heavy atom. The molecule has 2 saturated heterocycles. The number of morpholine rings is 1. The van der Waals surface area contributed by atoms with Crippen molar-refractivity contribution < 1.29 is 22.7 Å². The fourth-order valence-corrected chi connectivity index (χ4v) is 3.11. The fourth-order valence-electron chi connectivity index (χ4n) is 3.11. The van der Waals surface area contributed by atoms with Gasteiger partial charge in [-0.05, 0) is 26.2 Å². The molecule has 0 saturated carbocycles. The Hall–Kier alpha value is -1.90. The summed E-state index contributed by atoms with van der Waals surface area (Å²) < 4.78 is 43.2. The first-order chi connectivity index (χ1) is 11.9. The topological polar surface area (TPSA) is 58.6 Å². The van der Waals surface area contributed by atoms with Gasteiger partial charge in [0, 0.05) is 25.8 Å². The zero-order valence-corrected chi connectivity index (χ0v) is 14.1. The Balaban J connectivity index is 1.73. The highest BCUT2D eigenvalue weighted by Crippen LogP contribution is 2.26. The molecule has 0 aliphatic carbocycles. The molecule has 2 aliphatic heterocycles. The van der Waals surface area contributed by atoms with Crippen molar-refractivity contribution in [2.24, 2.45) is 0 Å². The predicted octanol–water partition coefficient (Wildman–Crippen LogP) is 2.18. The monoisotopic (exact) mass is 358 g/mol. The van der Waals surface area contributed by atoms with Crippen LogP contribution < -0.4 is 4.90 Å². The van der Waals surface area contributed by atoms with E-state index >= 15 is 0 Å². The molecule has 1 atom stereocenters. The molecule has 0 radical (unpaired) electrons. The molecule has 1 aromatic rings. The first-order valence-electron chi connectivity index (χ1n) is 8.42. The SMILES string of the molecule is Cc1nc(N2CCCCC2)ncc1C(=O)N1CCO[C@@H](C(F)(F)F)C1. The molecular weight excluding hydrogens is 337 g/mol. The van der Waals surface area contributed by atoms with E-state index in [0.717, 1.165) is 30.8 Å². The second-order valence-corrected chi connectivity index (χ2v) is 6.37. The first-order valence-corrected chi connectivity index (χ1v) is 8.42. The number of piperidine rings is 1. The van der Waals surface area contributed by atoms with Crippen molar-refractivity contribution in [1.29, 1.82) is 0 Å². The molecule has 1 aromatic heterocycles. The van der Waals surface area contributed by atoms with Gasteiger partial charge in [0.25, 0.3) is 5.91 Å². The minimum absolute atomic E-state index is 0.124. The van der Waals surface area contributed by atoms with Crippen molar-refractivity contribution in [3.05, 3.63) is 17.5 Å². The van der Waals surface area contributed by atoms with Gasteiger partial charge in [0.15, 0.2) is 6.10 Å². The van der Waals surface area contributed by atoms with Gasteiger partial charge in [0.2, 0.25) is 5.95 Å². The summed E-state index contributed by atoms with van der Waals surface area (Å²) in [4.78, 5) is 24.5. The molecule has 1 amide bonds. The standard InChI is InChI=1S/C16H21F3N4O2/c1-11-12(9-20-15(21-11)22-5-3-2-4-6-22)14(24)23-7-8-25-13(10-23)16(17,18)19/h9,13H,2-8,10H2,1H3/t13-/m1/s1. The number of halogens is 3. The fraction of sp³-hybridized carbons (Fsp3) is 0.688. The van der Waals surface area contributed by atoms with Crippen molar-refractivity contribution in [3.63, 3.8) is 0 Å². The number of ether oxygens (including phenoxy) is 1. The van der Waals surface area contributed by atoms with E-state index in [4.69, 9.17) is 4.74 Å². The quantitative estimate of drug-likeness (QED) is 0.811. The number of carbonyl (C=O) groups is 1. The number of aryl methyl sites for hydroxylation is 1. The van der Waals surface area contributed by atoms with E-state index in [2.05, 4.69) is 14.9 Å². The van der Waals surface area contributed by atoms with E-state index in [1.807, 2.05) is 0 Å². The zero-order valence-electron chi connectivity index (χ0n) is 14.1. The zero-order chi connectivity index (χ0) is 18.0. The maximum absolute atomic E-state index is 12.8. The molecule has 0 spiro atoms. The van der Waals surface area contributed by atoms with Gasteiger partial charge >= 0.3 is 6.18 Å². The molecule has 0 N–H and O–H groups in total. The molecule has 6 nitrogen and oxygen atoms in total. The molecule has 25 heavy (non-hydrogen) atoms. The van der Waals surface area contributed by atoms with E-state index in [1.165, 1.54) is 12.6 Å². The number of alkyl halides is 3. The molecule has 3 rings (SSSR count). The van der Waals surface area contributed by atoms with Crippen LogP contribution in [0.4, 0.5) is 19.1 Å². The summed E-state index contributed by atoms with van der Waals surface area (Å²) in [5, 5.41) is 0. The van der Waals surface area contributed by atoms with Gasteiger partial charge in [-0.25, -0.2) is 9.97 Å². The van der Waals surface area contributed by atoms with Gasteiger partial charge in [0.1, 0.15) is 0 Å². The summed E-state index contributed by atoms with van der Waals surface area (Å²) in [6, 6.07) is 0. The molecule has 0 bridgehead atoms. The normalized spacial score (nSPS) is 22.2. The average molecular weight is 358 g/mol. The Bertz CT molecular complexity index is 632. The Morgan fingerprint density at radius 1 is 1.24 bits per heavy atom. The average Bonchev–Trinajstić information content (AvgIpc) is 2.61. The van der Waals surface area contributed by atoms with E-state index in [1.54, 1.807) is 6.92 Å². The summed E-state index contributed by atoms with van der Waals surface area (Å²) in [6.07, 6.45) is -1.66. The highest BCUT2D eigenvalue weighted by atomic mass is 19.4. The van der Waals surface area contributed by atoms with Gasteiger partial charge in [-0.2, -0.15) is 13.2 Å². The molecule has 3 heterocycles. The smallest absolute Gasteiger partial charge is 0.365 e. The van der Waals surface area contributed by atoms with Crippen LogP contribution in [0.15, 0.2) is 6.20 Å². The molecule has 0 unspecified atom stereocenters. The lowest BCUT2D eigenvalue weighted by Crippen LogP contribution is -2.51. The van der Waals surface area contributed by atoms with Gasteiger partial charge in [0.05, 0.1) is 24.4 Å². The highest BCUT2D eigenvalue weighted by molar-refractivity contribution is 5.95. The number of hydrogen-bond acceptors (Lipinski definition) is 5. The summed E-state index contributed by atoms with van der Waals surface area (Å²) in [5.41, 5.74) is 0.721. The van der Waals surface area contributed by atoms with Crippen molar-refractivity contribution in [2.75, 3.05) is 37.7 Å². The van der Waals surface area contributed by atoms with Crippen LogP contribution in [0, 0.1) is 6.92 Å². The minimum atomic E-state index is -4.48. The van der Waals surface area contributed by atoms with Gasteiger partial charge < -0.3 is 14.5 Å². The minimum Gasteiger partial charge on any atom is -0.365 e. The Labute approximate surface area is 144 Å². The van der Waals surface area contributed by atoms with E-state index in [9.17, 15) is 18.0 Å². The predicted molar refractivity (Wildman–Crippen MR) is 84.5 cm³/mol. The number of amides is 1. The lowest BCUT2D eigenvalue weighted by Gasteiger charge is -2.34. The third-order valence-electron chi connectivity index (χ3n) is 4.55. The summed E-state index contributed by atoms with van der Waals surface area (Å²) in [6.45, 7) is 2.92. The van der Waals surface area contributed by atoms with E-state index in [-0.39, 0.29) is 18.7 Å². The number of rotatable bonds is 2. The second kappa shape index (κ2) is 7.15. The van der Waals surface area contributed by atoms with Crippen molar-refractivity contribution in [3.8, 4) is 0 Å². The number of nitrogens with zero attached hydrogens (tertiary/aromatic N) is 4. The van der Waals surface area contributed by atoms with Crippen LogP contribution in [0.3, 0.4) is 0 Å². The van der Waals surface area contributed by atoms with Gasteiger partial charge in [-0.3, -0.25) is 4.79 Å². The number of hydrogen-bond donors (Lipinski definition) is 0. The molecular formula is C16H21F3N4O2. The van der Waals surface area contributed by atoms with Crippen LogP contribution in [-0.4, -0.2) is 65.8 Å². The lowest BCUT2D eigenvalue weighted by atomic mass is 10.1. The van der Waals surface area contributed by atoms with Crippen LogP contribution in [0.1, 0.15) is 35.3 Å². The van der Waals surface area contributed by atoms with Crippen LogP contribution in [-0.2, 0) is 4.74 Å². The van der Waals surface area contributed by atoms with Crippen LogP contribution in [0.5, 0.6) is 0 Å². The third kappa shape index (κ3) is 4.02. The maximum Gasteiger partial charge on any atom is 0.416 e. The molecule has 2 fully saturated rings. The highest BCUT2D eigenvalue weighted by Gasteiger charge is 2.44. The van der Waals surface area contributed by atoms with Crippen LogP contribution in [0.2, 0.25) is 0 Å². The van der Waals surface area contributed by atoms with Crippen molar-refractivity contribution in [1.82, 2.24) is 14.9 Å². The van der Waals surface area contributed by atoms with Crippen molar-refractivity contribution >= 4 is 11.9 Å². The third-order valence-corrected chi connectivity index (χ3v) is 4.55. The summed E-state index contributed by atoms with van der Waals surface area (Å²) in [7, 11) is 0. The molecule has 0 aromatic carbocycles. The Morgan fingerprint density at radius 3 is 2.60 bits per heavy atom. The number of carbonyl (C=O) groups excluding carboxylic acids is 1. The molecule has 138 valence electrons. The van der Waals surface area contributed by atoms with Gasteiger partial charge in [-0.15, -0.1) is 0 Å². The largest absolute Gasteiger partial charge is 0.416 e. The van der Waals surface area contributed by atoms with Crippen molar-refractivity contribution in [2.45, 2.75) is 38.5 Å². The molecule has 9 heteroatoms. The Kier molecular flexibility index (Phi) is 5.12. The summed E-state index contributed by atoms with van der Waals surface area (Å²) in [5.74, 6) is 0.0872. The van der Waals surface area contributed by atoms with E-state index < -0.39 is 24.7 Å². The lowest BCUT2D eigenvalue weighted by molar-refractivity contribution is -0.233. The number of anilines is 1.